The number of hydrogen-bond donors (Lipinski definition) is 1. The molecule has 0 radical (unpaired) electrons. The Morgan fingerprint density at radius 1 is 1.10 bits per heavy atom. The van der Waals surface area contributed by atoms with Crippen LogP contribution in [0, 0.1) is 29.1 Å². The molecule has 12 heteroatoms. The van der Waals surface area contributed by atoms with Crippen LogP contribution in [0.25, 0.3) is 10.2 Å². The summed E-state index contributed by atoms with van der Waals surface area (Å²) in [5.41, 5.74) is -0.461. The van der Waals surface area contributed by atoms with Crippen molar-refractivity contribution in [2.45, 2.75) is 23.1 Å². The second-order valence-corrected chi connectivity index (χ2v) is 8.61. The van der Waals surface area contributed by atoms with E-state index in [1.807, 2.05) is 0 Å². The average Bonchev–Trinajstić information content (AvgIpc) is 3.11. The number of aliphatic carboxylic acids is 1. The summed E-state index contributed by atoms with van der Waals surface area (Å²) < 4.78 is 68.0. The molecule has 0 saturated carbocycles. The molecule has 5 nitrogen and oxygen atoms in total. The lowest BCUT2D eigenvalue weighted by Gasteiger charge is -2.32. The minimum Gasteiger partial charge on any atom is -0.481 e. The van der Waals surface area contributed by atoms with Gasteiger partial charge in [-0.25, -0.2) is 26.9 Å². The maximum Gasteiger partial charge on any atom is 0.305 e. The maximum absolute atomic E-state index is 14.0. The predicted molar refractivity (Wildman–Crippen MR) is 98.9 cm³/mol. The lowest BCUT2D eigenvalue weighted by atomic mass is 10.2. The van der Waals surface area contributed by atoms with E-state index in [0.29, 0.717) is 16.2 Å². The average molecular weight is 460 g/mol. The molecule has 1 atom stereocenters. The van der Waals surface area contributed by atoms with Crippen LogP contribution in [0.1, 0.15) is 11.4 Å². The molecule has 3 aromatic rings. The van der Waals surface area contributed by atoms with Gasteiger partial charge in [-0.2, -0.15) is 0 Å². The van der Waals surface area contributed by atoms with Gasteiger partial charge in [0.05, 0.1) is 28.6 Å². The van der Waals surface area contributed by atoms with Crippen LogP contribution in [-0.2, 0) is 16.1 Å². The first kappa shape index (κ1) is 20.5. The highest BCUT2D eigenvalue weighted by Crippen LogP contribution is 2.42. The normalized spacial score (nSPS) is 16.2. The molecule has 1 N–H and O–H groups in total. The molecular weight excluding hydrogens is 451 g/mol. The quantitative estimate of drug-likeness (QED) is 0.353. The van der Waals surface area contributed by atoms with Gasteiger partial charge >= 0.3 is 5.97 Å². The Balaban J connectivity index is 1.78. The summed E-state index contributed by atoms with van der Waals surface area (Å²) in [4.78, 5) is 29.1. The van der Waals surface area contributed by atoms with E-state index in [9.17, 15) is 31.5 Å². The van der Waals surface area contributed by atoms with E-state index in [2.05, 4.69) is 4.98 Å². The molecular formula is C18H9F5N2O3S2. The minimum absolute atomic E-state index is 0.0441. The van der Waals surface area contributed by atoms with Gasteiger partial charge in [0.25, 0.3) is 0 Å². The Morgan fingerprint density at radius 2 is 1.80 bits per heavy atom. The molecule has 2 aromatic carbocycles. The Labute approximate surface area is 173 Å². The molecule has 1 aliphatic rings. The van der Waals surface area contributed by atoms with Gasteiger partial charge in [0.2, 0.25) is 5.91 Å². The number of fused-ring (bicyclic) bond motifs is 2. The smallest absolute Gasteiger partial charge is 0.305 e. The summed E-state index contributed by atoms with van der Waals surface area (Å²) in [5, 5.41) is 7.94. The van der Waals surface area contributed by atoms with Crippen molar-refractivity contribution in [3.8, 4) is 0 Å². The number of carboxylic acid groups (broad SMARTS) is 1. The number of nitrogens with zero attached hydrogens (tertiary/aromatic N) is 2. The summed E-state index contributed by atoms with van der Waals surface area (Å²) in [5.74, 6) is -9.68. The molecule has 0 aliphatic carbocycles. The number of rotatable bonds is 4. The number of carboxylic acids is 1. The van der Waals surface area contributed by atoms with Crippen molar-refractivity contribution in [2.75, 3.05) is 4.90 Å². The second-order valence-electron chi connectivity index (χ2n) is 6.28. The van der Waals surface area contributed by atoms with Crippen LogP contribution in [0.15, 0.2) is 23.1 Å². The molecule has 4 rings (SSSR count). The maximum atomic E-state index is 14.0. The van der Waals surface area contributed by atoms with Crippen LogP contribution < -0.4 is 4.90 Å². The fourth-order valence-electron chi connectivity index (χ4n) is 3.01. The Kier molecular flexibility index (Phi) is 5.14. The third-order valence-electron chi connectivity index (χ3n) is 4.33. The summed E-state index contributed by atoms with van der Waals surface area (Å²) in [6.07, 6.45) is -0.532. The topological polar surface area (TPSA) is 70.5 Å². The number of halogens is 5. The zero-order chi connectivity index (χ0) is 21.7. The van der Waals surface area contributed by atoms with Crippen molar-refractivity contribution in [3.05, 3.63) is 52.3 Å². The van der Waals surface area contributed by atoms with Crippen LogP contribution in [0.3, 0.4) is 0 Å². The number of amides is 1. The molecule has 1 unspecified atom stereocenters. The number of anilines is 1. The number of aromatic nitrogens is 1. The van der Waals surface area contributed by atoms with E-state index in [1.54, 1.807) is 0 Å². The Bertz CT molecular complexity index is 1170. The molecule has 1 amide bonds. The SMILES string of the molecule is O=C(O)CC1Sc2cc(F)ccc2N(Cc2nc3c(F)c(F)c(F)c(F)c3s2)C1=O. The van der Waals surface area contributed by atoms with Gasteiger partial charge in [-0.15, -0.1) is 23.1 Å². The van der Waals surface area contributed by atoms with Crippen LogP contribution in [-0.4, -0.2) is 27.2 Å². The van der Waals surface area contributed by atoms with Crippen molar-refractivity contribution in [2.24, 2.45) is 0 Å². The highest BCUT2D eigenvalue weighted by Gasteiger charge is 2.36. The monoisotopic (exact) mass is 460 g/mol. The van der Waals surface area contributed by atoms with Crippen molar-refractivity contribution in [1.82, 2.24) is 4.98 Å². The number of thioether (sulfide) groups is 1. The first-order valence-corrected chi connectivity index (χ1v) is 9.97. The number of benzene rings is 2. The minimum atomic E-state index is -2.00. The summed E-state index contributed by atoms with van der Waals surface area (Å²) in [6, 6.07) is 3.54. The van der Waals surface area contributed by atoms with Crippen molar-refractivity contribution in [3.63, 3.8) is 0 Å². The van der Waals surface area contributed by atoms with Crippen molar-refractivity contribution < 1.29 is 36.6 Å². The second kappa shape index (κ2) is 7.51. The highest BCUT2D eigenvalue weighted by molar-refractivity contribution is 8.01. The summed E-state index contributed by atoms with van der Waals surface area (Å²) in [7, 11) is 0. The summed E-state index contributed by atoms with van der Waals surface area (Å²) >= 11 is 1.41. The number of carbonyl (C=O) groups excluding carboxylic acids is 1. The fourth-order valence-corrected chi connectivity index (χ4v) is 5.23. The largest absolute Gasteiger partial charge is 0.481 e. The van der Waals surface area contributed by atoms with Gasteiger partial charge in [0.1, 0.15) is 16.3 Å². The van der Waals surface area contributed by atoms with E-state index >= 15 is 0 Å². The lowest BCUT2D eigenvalue weighted by molar-refractivity contribution is -0.138. The zero-order valence-electron chi connectivity index (χ0n) is 14.6. The molecule has 156 valence electrons. The van der Waals surface area contributed by atoms with E-state index in [0.717, 1.165) is 28.8 Å². The van der Waals surface area contributed by atoms with Gasteiger partial charge in [-0.1, -0.05) is 0 Å². The number of hydrogen-bond acceptors (Lipinski definition) is 5. The van der Waals surface area contributed by atoms with Gasteiger partial charge in [0, 0.05) is 4.90 Å². The van der Waals surface area contributed by atoms with Crippen molar-refractivity contribution in [1.29, 1.82) is 0 Å². The number of carbonyl (C=O) groups is 2. The summed E-state index contributed by atoms with van der Waals surface area (Å²) in [6.45, 7) is -0.352. The first-order valence-electron chi connectivity index (χ1n) is 8.28. The molecule has 30 heavy (non-hydrogen) atoms. The van der Waals surface area contributed by atoms with Crippen LogP contribution in [0.2, 0.25) is 0 Å². The van der Waals surface area contributed by atoms with Gasteiger partial charge in [-0.05, 0) is 18.2 Å². The Morgan fingerprint density at radius 3 is 2.50 bits per heavy atom. The molecule has 0 fully saturated rings. The third-order valence-corrected chi connectivity index (χ3v) is 6.60. The highest BCUT2D eigenvalue weighted by atomic mass is 32.2. The molecule has 2 heterocycles. The van der Waals surface area contributed by atoms with Crippen LogP contribution in [0.4, 0.5) is 27.6 Å². The molecule has 0 saturated heterocycles. The van der Waals surface area contributed by atoms with E-state index in [1.165, 1.54) is 6.07 Å². The first-order chi connectivity index (χ1) is 14.2. The van der Waals surface area contributed by atoms with Crippen molar-refractivity contribution >= 4 is 50.9 Å². The van der Waals surface area contributed by atoms with E-state index in [4.69, 9.17) is 5.11 Å². The predicted octanol–water partition coefficient (Wildman–Crippen LogP) is 4.47. The molecule has 1 aliphatic heterocycles. The zero-order valence-corrected chi connectivity index (χ0v) is 16.2. The van der Waals surface area contributed by atoms with E-state index < -0.39 is 62.8 Å². The number of thiazole rings is 1. The van der Waals surface area contributed by atoms with Gasteiger partial charge in [0.15, 0.2) is 23.3 Å². The van der Waals surface area contributed by atoms with Crippen LogP contribution >= 0.6 is 23.1 Å². The van der Waals surface area contributed by atoms with Gasteiger partial charge in [-0.3, -0.25) is 9.59 Å². The standard InChI is InChI=1S/C18H9F5N2O3S2/c19-6-1-2-7-8(3-6)29-9(4-11(26)27)18(28)25(7)5-10-24-16-14(22)12(20)13(21)15(23)17(16)30-10/h1-3,9H,4-5H2,(H,26,27). The molecule has 0 bridgehead atoms. The molecule has 0 spiro atoms. The molecule has 1 aromatic heterocycles. The van der Waals surface area contributed by atoms with Gasteiger partial charge < -0.3 is 10.0 Å². The van der Waals surface area contributed by atoms with Crippen LogP contribution in [0.5, 0.6) is 0 Å². The fraction of sp³-hybridized carbons (Fsp3) is 0.167. The lowest BCUT2D eigenvalue weighted by Crippen LogP contribution is -2.41. The Hall–Kier alpha value is -2.73. The third kappa shape index (κ3) is 3.39. The van der Waals surface area contributed by atoms with E-state index in [-0.39, 0.29) is 17.2 Å².